The lowest BCUT2D eigenvalue weighted by molar-refractivity contribution is -0.138. The summed E-state index contributed by atoms with van der Waals surface area (Å²) in [7, 11) is 0. The van der Waals surface area contributed by atoms with Crippen LogP contribution in [-0.4, -0.2) is 41.5 Å². The van der Waals surface area contributed by atoms with Gasteiger partial charge in [0.25, 0.3) is 5.91 Å². The Labute approximate surface area is 126 Å². The third-order valence-corrected chi connectivity index (χ3v) is 3.68. The first-order valence-corrected chi connectivity index (χ1v) is 7.81. The second-order valence-corrected chi connectivity index (χ2v) is 5.41. The Kier molecular flexibility index (Phi) is 5.99. The van der Waals surface area contributed by atoms with Crippen LogP contribution < -0.4 is 10.1 Å². The molecule has 116 valence electrons. The molecule has 5 nitrogen and oxygen atoms in total. The Balaban J connectivity index is 1.86. The van der Waals surface area contributed by atoms with E-state index in [1.54, 1.807) is 6.20 Å². The maximum atomic E-state index is 12.3. The molecule has 0 bridgehead atoms. The molecule has 1 atom stereocenters. The summed E-state index contributed by atoms with van der Waals surface area (Å²) in [6, 6.07) is 3.80. The van der Waals surface area contributed by atoms with Crippen LogP contribution in [0.15, 0.2) is 18.3 Å². The molecule has 1 aliphatic rings. The second kappa shape index (κ2) is 7.98. The van der Waals surface area contributed by atoms with Crippen molar-refractivity contribution >= 4 is 5.91 Å². The van der Waals surface area contributed by atoms with Crippen molar-refractivity contribution in [2.75, 3.05) is 19.6 Å². The van der Waals surface area contributed by atoms with Crippen LogP contribution in [0.4, 0.5) is 0 Å². The highest BCUT2D eigenvalue weighted by atomic mass is 16.5. The SMILES string of the molecule is CCNCc1ccc(OC(C)C(=O)N2CCCCC2)cn1. The molecule has 1 N–H and O–H groups in total. The zero-order chi connectivity index (χ0) is 15.1. The van der Waals surface area contributed by atoms with Crippen LogP contribution in [0.25, 0.3) is 0 Å². The van der Waals surface area contributed by atoms with E-state index < -0.39 is 6.10 Å². The van der Waals surface area contributed by atoms with E-state index >= 15 is 0 Å². The van der Waals surface area contributed by atoms with Gasteiger partial charge in [0.2, 0.25) is 0 Å². The molecular formula is C16H25N3O2. The number of likely N-dealkylation sites (tertiary alicyclic amines) is 1. The van der Waals surface area contributed by atoms with Crippen LogP contribution in [0.5, 0.6) is 5.75 Å². The zero-order valence-corrected chi connectivity index (χ0v) is 13.0. The molecule has 1 aromatic heterocycles. The number of carbonyl (C=O) groups excluding carboxylic acids is 1. The first-order valence-electron chi connectivity index (χ1n) is 7.81. The van der Waals surface area contributed by atoms with E-state index in [1.807, 2.05) is 24.0 Å². The lowest BCUT2D eigenvalue weighted by atomic mass is 10.1. The minimum absolute atomic E-state index is 0.0754. The molecule has 2 heterocycles. The largest absolute Gasteiger partial charge is 0.479 e. The van der Waals surface area contributed by atoms with E-state index in [-0.39, 0.29) is 5.91 Å². The Hall–Kier alpha value is -1.62. The average Bonchev–Trinajstić information content (AvgIpc) is 2.54. The lowest BCUT2D eigenvalue weighted by Crippen LogP contribution is -2.43. The summed E-state index contributed by atoms with van der Waals surface area (Å²) >= 11 is 0. The monoisotopic (exact) mass is 291 g/mol. The first-order chi connectivity index (χ1) is 10.2. The topological polar surface area (TPSA) is 54.5 Å². The van der Waals surface area contributed by atoms with Crippen LogP contribution in [0.2, 0.25) is 0 Å². The maximum absolute atomic E-state index is 12.3. The number of ether oxygens (including phenoxy) is 1. The van der Waals surface area contributed by atoms with E-state index in [1.165, 1.54) is 6.42 Å². The predicted molar refractivity (Wildman–Crippen MR) is 82.1 cm³/mol. The molecule has 1 aromatic rings. The molecule has 5 heteroatoms. The Bertz CT molecular complexity index is 441. The highest BCUT2D eigenvalue weighted by Crippen LogP contribution is 2.15. The Morgan fingerprint density at radius 1 is 1.38 bits per heavy atom. The van der Waals surface area contributed by atoms with Gasteiger partial charge in [-0.3, -0.25) is 9.78 Å². The van der Waals surface area contributed by atoms with E-state index in [9.17, 15) is 4.79 Å². The van der Waals surface area contributed by atoms with Crippen molar-refractivity contribution in [3.63, 3.8) is 0 Å². The van der Waals surface area contributed by atoms with Gasteiger partial charge in [0.05, 0.1) is 11.9 Å². The number of amides is 1. The summed E-state index contributed by atoms with van der Waals surface area (Å²) in [5.41, 5.74) is 0.971. The van der Waals surface area contributed by atoms with Crippen molar-refractivity contribution in [3.05, 3.63) is 24.0 Å². The van der Waals surface area contributed by atoms with E-state index in [2.05, 4.69) is 17.2 Å². The highest BCUT2D eigenvalue weighted by Gasteiger charge is 2.23. The molecule has 0 radical (unpaired) electrons. The number of aromatic nitrogens is 1. The summed E-state index contributed by atoms with van der Waals surface area (Å²) in [6.07, 6.45) is 4.64. The molecule has 0 aromatic carbocycles. The summed E-state index contributed by atoms with van der Waals surface area (Å²) in [4.78, 5) is 18.5. The number of nitrogens with zero attached hydrogens (tertiary/aromatic N) is 2. The molecule has 0 aliphatic carbocycles. The number of hydrogen-bond donors (Lipinski definition) is 1. The fourth-order valence-corrected chi connectivity index (χ4v) is 2.46. The Morgan fingerprint density at radius 2 is 2.14 bits per heavy atom. The average molecular weight is 291 g/mol. The molecule has 1 unspecified atom stereocenters. The summed E-state index contributed by atoms with van der Waals surface area (Å²) in [5, 5.41) is 3.22. The van der Waals surface area contributed by atoms with Crippen LogP contribution in [0.1, 0.15) is 38.8 Å². The first kappa shape index (κ1) is 15.8. The molecule has 0 saturated carbocycles. The molecule has 1 amide bonds. The molecule has 0 spiro atoms. The van der Waals surface area contributed by atoms with Crippen LogP contribution in [-0.2, 0) is 11.3 Å². The van der Waals surface area contributed by atoms with Gasteiger partial charge in [0.15, 0.2) is 6.10 Å². The van der Waals surface area contributed by atoms with Gasteiger partial charge in [-0.25, -0.2) is 0 Å². The minimum atomic E-state index is -0.454. The number of pyridine rings is 1. The van der Waals surface area contributed by atoms with Crippen molar-refractivity contribution in [2.45, 2.75) is 45.8 Å². The minimum Gasteiger partial charge on any atom is -0.479 e. The molecule has 2 rings (SSSR count). The second-order valence-electron chi connectivity index (χ2n) is 5.41. The third-order valence-electron chi connectivity index (χ3n) is 3.68. The summed E-state index contributed by atoms with van der Waals surface area (Å²) in [6.45, 7) is 7.24. The van der Waals surface area contributed by atoms with Crippen molar-refractivity contribution in [1.82, 2.24) is 15.2 Å². The van der Waals surface area contributed by atoms with Gasteiger partial charge >= 0.3 is 0 Å². The van der Waals surface area contributed by atoms with Crippen molar-refractivity contribution in [2.24, 2.45) is 0 Å². The van der Waals surface area contributed by atoms with Crippen LogP contribution in [0.3, 0.4) is 0 Å². The van der Waals surface area contributed by atoms with E-state index in [0.29, 0.717) is 5.75 Å². The summed E-state index contributed by atoms with van der Waals surface area (Å²) < 4.78 is 5.71. The zero-order valence-electron chi connectivity index (χ0n) is 13.0. The molecule has 1 fully saturated rings. The van der Waals surface area contributed by atoms with Crippen molar-refractivity contribution in [1.29, 1.82) is 0 Å². The van der Waals surface area contributed by atoms with E-state index in [4.69, 9.17) is 4.74 Å². The number of nitrogens with one attached hydrogen (secondary N) is 1. The maximum Gasteiger partial charge on any atom is 0.263 e. The van der Waals surface area contributed by atoms with Crippen LogP contribution in [0, 0.1) is 0 Å². The Morgan fingerprint density at radius 3 is 2.76 bits per heavy atom. The quantitative estimate of drug-likeness (QED) is 0.870. The standard InChI is InChI=1S/C16H25N3O2/c1-3-17-11-14-7-8-15(12-18-14)21-13(2)16(20)19-9-5-4-6-10-19/h7-8,12-13,17H,3-6,9-11H2,1-2H3. The molecule has 1 saturated heterocycles. The van der Waals surface area contributed by atoms with Gasteiger partial charge in [-0.1, -0.05) is 6.92 Å². The third kappa shape index (κ3) is 4.70. The van der Waals surface area contributed by atoms with Gasteiger partial charge in [-0.05, 0) is 44.9 Å². The molecule has 1 aliphatic heterocycles. The number of piperidine rings is 1. The predicted octanol–water partition coefficient (Wildman–Crippen LogP) is 1.97. The molecule has 21 heavy (non-hydrogen) atoms. The van der Waals surface area contributed by atoms with Gasteiger partial charge in [-0.15, -0.1) is 0 Å². The molecular weight excluding hydrogens is 266 g/mol. The van der Waals surface area contributed by atoms with Gasteiger partial charge < -0.3 is 15.0 Å². The normalized spacial score (nSPS) is 16.6. The van der Waals surface area contributed by atoms with Crippen molar-refractivity contribution in [3.8, 4) is 5.75 Å². The van der Waals surface area contributed by atoms with Crippen LogP contribution >= 0.6 is 0 Å². The smallest absolute Gasteiger partial charge is 0.263 e. The van der Waals surface area contributed by atoms with Gasteiger partial charge in [0, 0.05) is 19.6 Å². The summed E-state index contributed by atoms with van der Waals surface area (Å²) in [5.74, 6) is 0.722. The number of carbonyl (C=O) groups is 1. The van der Waals surface area contributed by atoms with Gasteiger partial charge in [-0.2, -0.15) is 0 Å². The number of hydrogen-bond acceptors (Lipinski definition) is 4. The van der Waals surface area contributed by atoms with Gasteiger partial charge in [0.1, 0.15) is 5.75 Å². The lowest BCUT2D eigenvalue weighted by Gasteiger charge is -2.29. The van der Waals surface area contributed by atoms with E-state index in [0.717, 1.165) is 44.7 Å². The fraction of sp³-hybridized carbons (Fsp3) is 0.625. The highest BCUT2D eigenvalue weighted by molar-refractivity contribution is 5.80. The number of rotatable bonds is 6. The fourth-order valence-electron chi connectivity index (χ4n) is 2.46. The van der Waals surface area contributed by atoms with Crippen molar-refractivity contribution < 1.29 is 9.53 Å².